The number of nitrogen functional groups attached to an aromatic ring is 1. The van der Waals surface area contributed by atoms with Gasteiger partial charge in [0.15, 0.2) is 0 Å². The van der Waals surface area contributed by atoms with Crippen molar-refractivity contribution < 1.29 is 0 Å². The van der Waals surface area contributed by atoms with Crippen LogP contribution in [0.25, 0.3) is 0 Å². The van der Waals surface area contributed by atoms with E-state index in [-0.39, 0.29) is 6.04 Å². The summed E-state index contributed by atoms with van der Waals surface area (Å²) in [6, 6.07) is 18.4. The van der Waals surface area contributed by atoms with Crippen molar-refractivity contribution >= 4 is 5.69 Å². The molecule has 0 aliphatic carbocycles. The Morgan fingerprint density at radius 2 is 1.74 bits per heavy atom. The predicted molar refractivity (Wildman–Crippen MR) is 80.9 cm³/mol. The lowest BCUT2D eigenvalue weighted by atomic mass is 9.98. The molecule has 2 N–H and O–H groups in total. The SMILES string of the molecule is C=CC[N]C(Cc1ccccc1N)c1ccccc1. The van der Waals surface area contributed by atoms with Crippen LogP contribution in [0.5, 0.6) is 0 Å². The van der Waals surface area contributed by atoms with Gasteiger partial charge in [0.25, 0.3) is 0 Å². The van der Waals surface area contributed by atoms with Crippen LogP contribution < -0.4 is 11.1 Å². The van der Waals surface area contributed by atoms with Gasteiger partial charge < -0.3 is 5.73 Å². The third kappa shape index (κ3) is 3.70. The number of hydrogen-bond donors (Lipinski definition) is 1. The minimum absolute atomic E-state index is 0.129. The molecule has 1 radical (unpaired) electrons. The van der Waals surface area contributed by atoms with Gasteiger partial charge >= 0.3 is 0 Å². The molecule has 0 aliphatic heterocycles. The summed E-state index contributed by atoms with van der Waals surface area (Å²) in [5.74, 6) is 0. The lowest BCUT2D eigenvalue weighted by Gasteiger charge is -2.17. The largest absolute Gasteiger partial charge is 0.399 e. The summed E-state index contributed by atoms with van der Waals surface area (Å²) in [5, 5.41) is 4.68. The number of nitrogens with two attached hydrogens (primary N) is 1. The van der Waals surface area contributed by atoms with Crippen molar-refractivity contribution in [2.45, 2.75) is 12.5 Å². The van der Waals surface area contributed by atoms with Crippen LogP contribution >= 0.6 is 0 Å². The van der Waals surface area contributed by atoms with Crippen molar-refractivity contribution in [2.24, 2.45) is 0 Å². The van der Waals surface area contributed by atoms with Crippen LogP contribution in [0.3, 0.4) is 0 Å². The Bertz CT molecular complexity index is 520. The average molecular weight is 251 g/mol. The van der Waals surface area contributed by atoms with E-state index in [0.717, 1.165) is 17.7 Å². The molecule has 0 heterocycles. The van der Waals surface area contributed by atoms with Gasteiger partial charge in [-0.3, -0.25) is 0 Å². The van der Waals surface area contributed by atoms with Crippen molar-refractivity contribution in [2.75, 3.05) is 12.3 Å². The van der Waals surface area contributed by atoms with Crippen molar-refractivity contribution in [3.05, 3.63) is 78.4 Å². The van der Waals surface area contributed by atoms with Gasteiger partial charge in [0.2, 0.25) is 0 Å². The van der Waals surface area contributed by atoms with E-state index in [0.29, 0.717) is 6.54 Å². The first-order valence-corrected chi connectivity index (χ1v) is 6.47. The fourth-order valence-electron chi connectivity index (χ4n) is 2.09. The van der Waals surface area contributed by atoms with Crippen molar-refractivity contribution in [1.82, 2.24) is 5.32 Å². The molecule has 2 rings (SSSR count). The summed E-state index contributed by atoms with van der Waals surface area (Å²) in [4.78, 5) is 0. The number of hydrogen-bond acceptors (Lipinski definition) is 1. The molecule has 0 saturated carbocycles. The monoisotopic (exact) mass is 251 g/mol. The highest BCUT2D eigenvalue weighted by atomic mass is 14.9. The lowest BCUT2D eigenvalue weighted by molar-refractivity contribution is 0.553. The molecule has 2 aromatic carbocycles. The number of para-hydroxylation sites is 1. The van der Waals surface area contributed by atoms with Gasteiger partial charge in [-0.05, 0) is 23.6 Å². The smallest absolute Gasteiger partial charge is 0.0540 e. The Morgan fingerprint density at radius 1 is 1.05 bits per heavy atom. The molecule has 1 unspecified atom stereocenters. The standard InChI is InChI=1S/C17H19N2/c1-2-12-19-17(14-8-4-3-5-9-14)13-15-10-6-7-11-16(15)18/h2-11,17H,1,12-13,18H2. The number of nitrogens with zero attached hydrogens (tertiary/aromatic N) is 1. The third-order valence-electron chi connectivity index (χ3n) is 3.11. The van der Waals surface area contributed by atoms with Crippen LogP contribution in [0.4, 0.5) is 5.69 Å². The molecule has 0 saturated heterocycles. The summed E-state index contributed by atoms with van der Waals surface area (Å²) in [5.41, 5.74) is 9.20. The van der Waals surface area contributed by atoms with E-state index in [1.54, 1.807) is 0 Å². The average Bonchev–Trinajstić information content (AvgIpc) is 2.46. The third-order valence-corrected chi connectivity index (χ3v) is 3.11. The Hall–Kier alpha value is -2.06. The molecule has 0 aromatic heterocycles. The Kier molecular flexibility index (Phi) is 4.76. The fourth-order valence-corrected chi connectivity index (χ4v) is 2.09. The first-order valence-electron chi connectivity index (χ1n) is 6.47. The van der Waals surface area contributed by atoms with Crippen molar-refractivity contribution in [3.63, 3.8) is 0 Å². The van der Waals surface area contributed by atoms with Gasteiger partial charge in [-0.1, -0.05) is 54.6 Å². The van der Waals surface area contributed by atoms with Crippen molar-refractivity contribution in [1.29, 1.82) is 0 Å². The van der Waals surface area contributed by atoms with Gasteiger partial charge in [0.05, 0.1) is 6.04 Å². The second kappa shape index (κ2) is 6.76. The van der Waals surface area contributed by atoms with Crippen LogP contribution in [0.2, 0.25) is 0 Å². The van der Waals surface area contributed by atoms with Crippen LogP contribution in [-0.2, 0) is 6.42 Å². The second-order valence-corrected chi connectivity index (χ2v) is 4.48. The maximum absolute atomic E-state index is 6.01. The minimum Gasteiger partial charge on any atom is -0.399 e. The Balaban J connectivity index is 2.19. The minimum atomic E-state index is 0.129. The molecule has 0 aliphatic rings. The number of benzene rings is 2. The quantitative estimate of drug-likeness (QED) is 0.620. The number of rotatable bonds is 6. The van der Waals surface area contributed by atoms with Gasteiger partial charge in [-0.15, -0.1) is 6.58 Å². The first-order chi connectivity index (χ1) is 9.31. The van der Waals surface area contributed by atoms with Crippen LogP contribution in [0, 0.1) is 0 Å². The maximum atomic E-state index is 6.01. The van der Waals surface area contributed by atoms with Gasteiger partial charge in [-0.25, -0.2) is 5.32 Å². The zero-order valence-electron chi connectivity index (χ0n) is 11.0. The molecule has 1 atom stereocenters. The molecule has 97 valence electrons. The van der Waals surface area contributed by atoms with E-state index < -0.39 is 0 Å². The molecule has 2 heteroatoms. The summed E-state index contributed by atoms with van der Waals surface area (Å²) in [6.45, 7) is 4.39. The zero-order chi connectivity index (χ0) is 13.5. The van der Waals surface area contributed by atoms with Gasteiger partial charge in [-0.2, -0.15) is 0 Å². The molecule has 2 nitrogen and oxygen atoms in total. The molecule has 0 spiro atoms. The summed E-state index contributed by atoms with van der Waals surface area (Å²) in [6.07, 6.45) is 2.65. The second-order valence-electron chi connectivity index (χ2n) is 4.48. The highest BCUT2D eigenvalue weighted by Crippen LogP contribution is 2.22. The van der Waals surface area contributed by atoms with E-state index in [4.69, 9.17) is 5.73 Å². The molecule has 2 aromatic rings. The maximum Gasteiger partial charge on any atom is 0.0540 e. The first kappa shape index (κ1) is 13.4. The highest BCUT2D eigenvalue weighted by molar-refractivity contribution is 5.47. The van der Waals surface area contributed by atoms with Crippen LogP contribution in [0.1, 0.15) is 17.2 Å². The molecule has 0 fully saturated rings. The van der Waals surface area contributed by atoms with E-state index >= 15 is 0 Å². The van der Waals surface area contributed by atoms with E-state index in [1.165, 1.54) is 5.56 Å². The Labute approximate surface area is 115 Å². The molecular weight excluding hydrogens is 232 g/mol. The molecule has 19 heavy (non-hydrogen) atoms. The Morgan fingerprint density at radius 3 is 2.42 bits per heavy atom. The van der Waals surface area contributed by atoms with Gasteiger partial charge in [0, 0.05) is 12.2 Å². The lowest BCUT2D eigenvalue weighted by Crippen LogP contribution is -2.17. The zero-order valence-corrected chi connectivity index (χ0v) is 11.0. The topological polar surface area (TPSA) is 40.1 Å². The molecule has 0 amide bonds. The van der Waals surface area contributed by atoms with E-state index in [1.807, 2.05) is 42.5 Å². The predicted octanol–water partition coefficient (Wildman–Crippen LogP) is 3.34. The normalized spacial score (nSPS) is 12.0. The van der Waals surface area contributed by atoms with Gasteiger partial charge in [0.1, 0.15) is 0 Å². The summed E-state index contributed by atoms with van der Waals surface area (Å²) >= 11 is 0. The van der Waals surface area contributed by atoms with Crippen LogP contribution in [0.15, 0.2) is 67.3 Å². The molecular formula is C17H19N2. The van der Waals surface area contributed by atoms with Crippen LogP contribution in [-0.4, -0.2) is 6.54 Å². The van der Waals surface area contributed by atoms with Crippen molar-refractivity contribution in [3.8, 4) is 0 Å². The summed E-state index contributed by atoms with van der Waals surface area (Å²) in [7, 11) is 0. The van der Waals surface area contributed by atoms with E-state index in [9.17, 15) is 0 Å². The fraction of sp³-hybridized carbons (Fsp3) is 0.176. The molecule has 0 bridgehead atoms. The number of anilines is 1. The highest BCUT2D eigenvalue weighted by Gasteiger charge is 2.13. The summed E-state index contributed by atoms with van der Waals surface area (Å²) < 4.78 is 0. The van der Waals surface area contributed by atoms with E-state index in [2.05, 4.69) is 30.1 Å².